The third-order valence-electron chi connectivity index (χ3n) is 3.86. The summed E-state index contributed by atoms with van der Waals surface area (Å²) in [4.78, 5) is 5.06. The molecule has 1 aromatic rings. The molecule has 0 aromatic carbocycles. The van der Waals surface area contributed by atoms with E-state index in [-0.39, 0.29) is 0 Å². The van der Waals surface area contributed by atoms with Gasteiger partial charge in [-0.25, -0.2) is 0 Å². The van der Waals surface area contributed by atoms with E-state index < -0.39 is 0 Å². The Bertz CT molecular complexity index is 338. The highest BCUT2D eigenvalue weighted by Crippen LogP contribution is 2.44. The quantitative estimate of drug-likeness (QED) is 0.754. The number of aromatic nitrogens is 1. The monoisotopic (exact) mass is 281 g/mol. The number of nitrogens with zero attached hydrogens (tertiary/aromatic N) is 1. The summed E-state index contributed by atoms with van der Waals surface area (Å²) in [5, 5.41) is 0. The van der Waals surface area contributed by atoms with Crippen molar-refractivity contribution in [3.8, 4) is 0 Å². The molecule has 1 heterocycles. The third kappa shape index (κ3) is 2.65. The molecule has 2 rings (SSSR count). The first-order valence-electron chi connectivity index (χ1n) is 6.16. The van der Waals surface area contributed by atoms with Crippen LogP contribution in [-0.4, -0.2) is 9.81 Å². The van der Waals surface area contributed by atoms with Gasteiger partial charge in [-0.2, -0.15) is 0 Å². The van der Waals surface area contributed by atoms with E-state index in [1.807, 2.05) is 6.20 Å². The molecule has 0 N–H and O–H groups in total. The highest BCUT2D eigenvalue weighted by molar-refractivity contribution is 9.09. The van der Waals surface area contributed by atoms with Gasteiger partial charge in [0, 0.05) is 23.1 Å². The molecule has 0 saturated heterocycles. The van der Waals surface area contributed by atoms with Crippen LogP contribution in [0, 0.1) is 12.3 Å². The predicted molar refractivity (Wildman–Crippen MR) is 72.0 cm³/mol. The largest absolute Gasteiger partial charge is 0.261 e. The lowest BCUT2D eigenvalue weighted by Gasteiger charge is -2.29. The molecule has 0 radical (unpaired) electrons. The van der Waals surface area contributed by atoms with Crippen LogP contribution in [0.3, 0.4) is 0 Å². The first kappa shape index (κ1) is 12.1. The first-order chi connectivity index (χ1) is 7.60. The second kappa shape index (κ2) is 4.87. The van der Waals surface area contributed by atoms with Gasteiger partial charge < -0.3 is 0 Å². The van der Waals surface area contributed by atoms with Gasteiger partial charge >= 0.3 is 0 Å². The number of rotatable bonds is 3. The summed E-state index contributed by atoms with van der Waals surface area (Å²) in [5.74, 6) is 0. The minimum Gasteiger partial charge on any atom is -0.261 e. The Morgan fingerprint density at radius 1 is 1.38 bits per heavy atom. The minimum absolute atomic E-state index is 0.479. The van der Waals surface area contributed by atoms with Crippen molar-refractivity contribution in [2.45, 2.75) is 50.8 Å². The van der Waals surface area contributed by atoms with Crippen molar-refractivity contribution >= 4 is 15.9 Å². The molecule has 0 spiro atoms. The van der Waals surface area contributed by atoms with Crippen LogP contribution >= 0.6 is 15.9 Å². The average Bonchev–Trinajstić information content (AvgIpc) is 2.70. The Labute approximate surface area is 107 Å². The standard InChI is InChI=1S/C14H20BrN/c1-11-5-6-12(16-10-11)9-13(15)14(2)7-3-4-8-14/h5-6,10,13H,3-4,7-9H2,1-2H3. The molecule has 0 aliphatic heterocycles. The van der Waals surface area contributed by atoms with E-state index in [1.54, 1.807) is 0 Å². The summed E-state index contributed by atoms with van der Waals surface area (Å²) >= 11 is 3.88. The number of hydrogen-bond acceptors (Lipinski definition) is 1. The van der Waals surface area contributed by atoms with Gasteiger partial charge in [0.15, 0.2) is 0 Å². The zero-order valence-electron chi connectivity index (χ0n) is 10.2. The molecule has 0 bridgehead atoms. The van der Waals surface area contributed by atoms with Crippen LogP contribution in [-0.2, 0) is 6.42 Å². The van der Waals surface area contributed by atoms with Gasteiger partial charge in [-0.05, 0) is 36.8 Å². The second-order valence-corrected chi connectivity index (χ2v) is 6.47. The summed E-state index contributed by atoms with van der Waals surface area (Å²) in [5.41, 5.74) is 2.93. The number of aryl methyl sites for hydroxylation is 1. The van der Waals surface area contributed by atoms with Gasteiger partial charge in [0.25, 0.3) is 0 Å². The normalized spacial score (nSPS) is 20.9. The van der Waals surface area contributed by atoms with Crippen molar-refractivity contribution in [3.05, 3.63) is 29.6 Å². The van der Waals surface area contributed by atoms with Crippen LogP contribution in [0.1, 0.15) is 43.9 Å². The van der Waals surface area contributed by atoms with Crippen LogP contribution in [0.15, 0.2) is 18.3 Å². The van der Waals surface area contributed by atoms with E-state index in [9.17, 15) is 0 Å². The molecule has 16 heavy (non-hydrogen) atoms. The predicted octanol–water partition coefficient (Wildman–Crippen LogP) is 4.28. The molecule has 1 atom stereocenters. The van der Waals surface area contributed by atoms with E-state index in [0.717, 1.165) is 6.42 Å². The fourth-order valence-corrected chi connectivity index (χ4v) is 3.33. The van der Waals surface area contributed by atoms with Crippen molar-refractivity contribution in [2.24, 2.45) is 5.41 Å². The molecule has 1 aliphatic rings. The zero-order chi connectivity index (χ0) is 11.6. The molecule has 1 fully saturated rings. The van der Waals surface area contributed by atoms with Gasteiger partial charge in [0.2, 0.25) is 0 Å². The Kier molecular flexibility index (Phi) is 3.68. The SMILES string of the molecule is Cc1ccc(CC(Br)C2(C)CCCC2)nc1. The van der Waals surface area contributed by atoms with Crippen molar-refractivity contribution < 1.29 is 0 Å². The molecule has 1 aliphatic carbocycles. The Morgan fingerprint density at radius 2 is 2.06 bits per heavy atom. The molecule has 88 valence electrons. The lowest BCUT2D eigenvalue weighted by molar-refractivity contribution is 0.324. The minimum atomic E-state index is 0.479. The molecule has 1 saturated carbocycles. The van der Waals surface area contributed by atoms with Gasteiger partial charge in [-0.15, -0.1) is 0 Å². The van der Waals surface area contributed by atoms with Crippen LogP contribution in [0.2, 0.25) is 0 Å². The zero-order valence-corrected chi connectivity index (χ0v) is 11.8. The van der Waals surface area contributed by atoms with Gasteiger partial charge in [0.05, 0.1) is 0 Å². The molecule has 1 nitrogen and oxygen atoms in total. The Morgan fingerprint density at radius 3 is 2.62 bits per heavy atom. The molecular weight excluding hydrogens is 262 g/mol. The van der Waals surface area contributed by atoms with E-state index in [4.69, 9.17) is 0 Å². The molecule has 1 aromatic heterocycles. The van der Waals surface area contributed by atoms with Gasteiger partial charge in [0.1, 0.15) is 0 Å². The van der Waals surface area contributed by atoms with Crippen molar-refractivity contribution in [3.63, 3.8) is 0 Å². The maximum Gasteiger partial charge on any atom is 0.0415 e. The summed E-state index contributed by atoms with van der Waals surface area (Å²) in [7, 11) is 0. The van der Waals surface area contributed by atoms with Crippen LogP contribution < -0.4 is 0 Å². The topological polar surface area (TPSA) is 12.9 Å². The van der Waals surface area contributed by atoms with Crippen LogP contribution in [0.4, 0.5) is 0 Å². The fraction of sp³-hybridized carbons (Fsp3) is 0.643. The van der Waals surface area contributed by atoms with Gasteiger partial charge in [-0.1, -0.05) is 41.8 Å². The van der Waals surface area contributed by atoms with E-state index in [2.05, 4.69) is 46.9 Å². The van der Waals surface area contributed by atoms with Crippen LogP contribution in [0.5, 0.6) is 0 Å². The number of halogens is 1. The van der Waals surface area contributed by atoms with Crippen molar-refractivity contribution in [1.29, 1.82) is 0 Å². The number of alkyl halides is 1. The molecule has 0 amide bonds. The van der Waals surface area contributed by atoms with E-state index in [1.165, 1.54) is 36.9 Å². The lowest BCUT2D eigenvalue weighted by atomic mass is 9.83. The maximum absolute atomic E-state index is 4.49. The van der Waals surface area contributed by atoms with Gasteiger partial charge in [-0.3, -0.25) is 4.98 Å². The molecule has 2 heteroatoms. The maximum atomic E-state index is 4.49. The smallest absolute Gasteiger partial charge is 0.0415 e. The summed E-state index contributed by atoms with van der Waals surface area (Å²) in [6, 6.07) is 4.31. The lowest BCUT2D eigenvalue weighted by Crippen LogP contribution is -2.26. The first-order valence-corrected chi connectivity index (χ1v) is 7.07. The van der Waals surface area contributed by atoms with Crippen molar-refractivity contribution in [1.82, 2.24) is 4.98 Å². The molecule has 1 unspecified atom stereocenters. The average molecular weight is 282 g/mol. The second-order valence-electron chi connectivity index (χ2n) is 5.36. The van der Waals surface area contributed by atoms with Crippen molar-refractivity contribution in [2.75, 3.05) is 0 Å². The number of hydrogen-bond donors (Lipinski definition) is 0. The Balaban J connectivity index is 2.01. The third-order valence-corrected chi connectivity index (χ3v) is 5.29. The van der Waals surface area contributed by atoms with E-state index in [0.29, 0.717) is 10.2 Å². The fourth-order valence-electron chi connectivity index (χ4n) is 2.55. The highest BCUT2D eigenvalue weighted by Gasteiger charge is 2.35. The highest BCUT2D eigenvalue weighted by atomic mass is 79.9. The Hall–Kier alpha value is -0.370. The summed E-state index contributed by atoms with van der Waals surface area (Å²) in [6.07, 6.45) is 8.51. The number of pyridine rings is 1. The molecular formula is C14H20BrN. The van der Waals surface area contributed by atoms with Crippen LogP contribution in [0.25, 0.3) is 0 Å². The van der Waals surface area contributed by atoms with E-state index >= 15 is 0 Å². The summed E-state index contributed by atoms with van der Waals surface area (Å²) in [6.45, 7) is 4.49. The summed E-state index contributed by atoms with van der Waals surface area (Å²) < 4.78 is 0.